The quantitative estimate of drug-likeness (QED) is 0.447. The minimum Gasteiger partial charge on any atom is -0.507 e. The van der Waals surface area contributed by atoms with E-state index in [1.54, 1.807) is 0 Å². The van der Waals surface area contributed by atoms with Crippen molar-refractivity contribution in [2.75, 3.05) is 0 Å². The number of hydrogen-bond acceptors (Lipinski definition) is 1. The molecule has 0 amide bonds. The summed E-state index contributed by atoms with van der Waals surface area (Å²) in [6.07, 6.45) is 0. The van der Waals surface area contributed by atoms with Crippen LogP contribution in [0.4, 0.5) is 0 Å². The first-order valence-electron chi connectivity index (χ1n) is 5.80. The first-order chi connectivity index (χ1) is 7.64. The molecule has 0 saturated heterocycles. The van der Waals surface area contributed by atoms with Gasteiger partial charge in [0.2, 0.25) is 0 Å². The first kappa shape index (κ1) is 15.5. The number of rotatable bonds is 2. The lowest BCUT2D eigenvalue weighted by atomic mass is 9.82. The van der Waals surface area contributed by atoms with E-state index in [-0.39, 0.29) is 5.41 Å². The smallest absolute Gasteiger partial charge is 0.122 e. The van der Waals surface area contributed by atoms with Crippen LogP contribution in [-0.4, -0.2) is 5.11 Å². The molecule has 3 heteroatoms. The zero-order chi connectivity index (χ0) is 13.4. The molecule has 0 aliphatic carbocycles. The lowest BCUT2D eigenvalue weighted by Gasteiger charge is -2.24. The van der Waals surface area contributed by atoms with E-state index in [1.807, 2.05) is 0 Å². The molecule has 0 aliphatic heterocycles. The molecule has 0 saturated carbocycles. The maximum atomic E-state index is 10.4. The fourth-order valence-corrected chi connectivity index (χ4v) is 2.54. The number of alkyl halides is 2. The van der Waals surface area contributed by atoms with Gasteiger partial charge in [-0.05, 0) is 40.2 Å². The molecular weight excluding hydrogens is 438 g/mol. The fourth-order valence-electron chi connectivity index (χ4n) is 1.82. The Morgan fingerprint density at radius 1 is 1.12 bits per heavy atom. The highest BCUT2D eigenvalue weighted by Crippen LogP contribution is 2.41. The average molecular weight is 458 g/mol. The van der Waals surface area contributed by atoms with Gasteiger partial charge in [0.15, 0.2) is 0 Å². The Balaban J connectivity index is 3.49. The lowest BCUT2D eigenvalue weighted by Crippen LogP contribution is -2.13. The molecule has 0 unspecified atom stereocenters. The molecule has 0 bridgehead atoms. The predicted molar refractivity (Wildman–Crippen MR) is 91.7 cm³/mol. The standard InChI is InChI=1S/C14H20I2O/c1-8(2)10-6-9(13(15)16)7-11(12(10)17)14(3,4)5/h6-8,13,17H,1-5H3. The zero-order valence-corrected chi connectivity index (χ0v) is 15.3. The number of benzene rings is 1. The molecule has 1 aromatic carbocycles. The largest absolute Gasteiger partial charge is 0.507 e. The third-order valence-electron chi connectivity index (χ3n) is 2.84. The zero-order valence-electron chi connectivity index (χ0n) is 11.0. The topological polar surface area (TPSA) is 20.2 Å². The minimum atomic E-state index is -0.0219. The van der Waals surface area contributed by atoms with E-state index in [4.69, 9.17) is 0 Å². The van der Waals surface area contributed by atoms with Crippen molar-refractivity contribution in [3.8, 4) is 5.75 Å². The summed E-state index contributed by atoms with van der Waals surface area (Å²) in [6.45, 7) is 10.7. The van der Waals surface area contributed by atoms with Gasteiger partial charge in [0, 0.05) is 0 Å². The second kappa shape index (κ2) is 5.63. The van der Waals surface area contributed by atoms with Crippen LogP contribution in [0, 0.1) is 0 Å². The van der Waals surface area contributed by atoms with Crippen LogP contribution in [0.2, 0.25) is 0 Å². The third kappa shape index (κ3) is 3.72. The fraction of sp³-hybridized carbons (Fsp3) is 0.571. The SMILES string of the molecule is CC(C)c1cc(C(I)I)cc(C(C)(C)C)c1O. The lowest BCUT2D eigenvalue weighted by molar-refractivity contribution is 0.437. The molecule has 0 aliphatic rings. The van der Waals surface area contributed by atoms with Gasteiger partial charge in [-0.2, -0.15) is 0 Å². The van der Waals surface area contributed by atoms with Crippen LogP contribution in [0.5, 0.6) is 5.75 Å². The molecule has 17 heavy (non-hydrogen) atoms. The molecule has 1 aromatic rings. The van der Waals surface area contributed by atoms with E-state index in [0.29, 0.717) is 13.6 Å². The van der Waals surface area contributed by atoms with Crippen LogP contribution in [-0.2, 0) is 5.41 Å². The van der Waals surface area contributed by atoms with Gasteiger partial charge in [-0.3, -0.25) is 0 Å². The Bertz CT molecular complexity index is 403. The van der Waals surface area contributed by atoms with Gasteiger partial charge in [0.25, 0.3) is 0 Å². The van der Waals surface area contributed by atoms with E-state index in [2.05, 4.69) is 91.9 Å². The molecule has 1 N–H and O–H groups in total. The number of halogens is 2. The molecule has 1 rings (SSSR count). The van der Waals surface area contributed by atoms with E-state index in [1.165, 1.54) is 5.56 Å². The van der Waals surface area contributed by atoms with Crippen molar-refractivity contribution in [3.63, 3.8) is 0 Å². The minimum absolute atomic E-state index is 0.0219. The Labute approximate surface area is 132 Å². The Morgan fingerprint density at radius 2 is 1.65 bits per heavy atom. The van der Waals surface area contributed by atoms with Crippen molar-refractivity contribution in [2.45, 2.75) is 47.9 Å². The Hall–Kier alpha value is 0.480. The van der Waals surface area contributed by atoms with Crippen molar-refractivity contribution in [1.29, 1.82) is 0 Å². The maximum absolute atomic E-state index is 10.4. The van der Waals surface area contributed by atoms with Gasteiger partial charge >= 0.3 is 0 Å². The second-order valence-electron chi connectivity index (χ2n) is 5.71. The Kier molecular flexibility index (Phi) is 5.15. The van der Waals surface area contributed by atoms with Gasteiger partial charge in [-0.25, -0.2) is 0 Å². The van der Waals surface area contributed by atoms with Gasteiger partial charge in [0.05, 0.1) is 1.93 Å². The number of aromatic hydroxyl groups is 1. The summed E-state index contributed by atoms with van der Waals surface area (Å²) in [6, 6.07) is 4.28. The molecule has 1 nitrogen and oxygen atoms in total. The van der Waals surface area contributed by atoms with E-state index < -0.39 is 0 Å². The second-order valence-corrected chi connectivity index (χ2v) is 10.6. The summed E-state index contributed by atoms with van der Waals surface area (Å²) in [5.41, 5.74) is 3.38. The van der Waals surface area contributed by atoms with Gasteiger partial charge in [-0.1, -0.05) is 79.8 Å². The molecule has 0 spiro atoms. The van der Waals surface area contributed by atoms with Crippen LogP contribution in [0.25, 0.3) is 0 Å². The normalized spacial score (nSPS) is 12.5. The van der Waals surface area contributed by atoms with Crippen LogP contribution in [0.1, 0.15) is 59.2 Å². The summed E-state index contributed by atoms with van der Waals surface area (Å²) < 4.78 is 0.435. The summed E-state index contributed by atoms with van der Waals surface area (Å²) >= 11 is 4.82. The highest BCUT2D eigenvalue weighted by Gasteiger charge is 2.23. The van der Waals surface area contributed by atoms with Crippen LogP contribution in [0.3, 0.4) is 0 Å². The maximum Gasteiger partial charge on any atom is 0.122 e. The predicted octanol–water partition coefficient (Wildman–Crippen LogP) is 5.68. The summed E-state index contributed by atoms with van der Waals surface area (Å²) in [4.78, 5) is 0. The van der Waals surface area contributed by atoms with Crippen LogP contribution in [0.15, 0.2) is 12.1 Å². The molecule has 0 heterocycles. The molecule has 0 aromatic heterocycles. The van der Waals surface area contributed by atoms with Gasteiger partial charge in [0.1, 0.15) is 5.75 Å². The van der Waals surface area contributed by atoms with Crippen molar-refractivity contribution < 1.29 is 5.11 Å². The van der Waals surface area contributed by atoms with Gasteiger partial charge in [-0.15, -0.1) is 0 Å². The third-order valence-corrected chi connectivity index (χ3v) is 4.28. The van der Waals surface area contributed by atoms with Crippen molar-refractivity contribution in [1.82, 2.24) is 0 Å². The molecule has 0 radical (unpaired) electrons. The highest BCUT2D eigenvalue weighted by molar-refractivity contribution is 14.2. The summed E-state index contributed by atoms with van der Waals surface area (Å²) in [5.74, 6) is 0.826. The van der Waals surface area contributed by atoms with Crippen molar-refractivity contribution in [2.24, 2.45) is 0 Å². The monoisotopic (exact) mass is 458 g/mol. The van der Waals surface area contributed by atoms with Crippen molar-refractivity contribution in [3.05, 3.63) is 28.8 Å². The molecule has 0 fully saturated rings. The van der Waals surface area contributed by atoms with E-state index in [9.17, 15) is 5.11 Å². The highest BCUT2D eigenvalue weighted by atomic mass is 127. The first-order valence-corrected chi connectivity index (χ1v) is 8.29. The molecular formula is C14H20I2O. The molecule has 0 atom stereocenters. The van der Waals surface area contributed by atoms with Crippen LogP contribution < -0.4 is 0 Å². The van der Waals surface area contributed by atoms with E-state index >= 15 is 0 Å². The number of hydrogen-bond donors (Lipinski definition) is 1. The number of phenolic OH excluding ortho intramolecular Hbond substituents is 1. The summed E-state index contributed by atoms with van der Waals surface area (Å²) in [7, 11) is 0. The van der Waals surface area contributed by atoms with E-state index in [0.717, 1.165) is 11.1 Å². The number of phenols is 1. The Morgan fingerprint density at radius 3 is 2.00 bits per heavy atom. The average Bonchev–Trinajstić information content (AvgIpc) is 2.15. The van der Waals surface area contributed by atoms with Crippen molar-refractivity contribution >= 4 is 45.2 Å². The molecule has 96 valence electrons. The summed E-state index contributed by atoms with van der Waals surface area (Å²) in [5, 5.41) is 10.4. The van der Waals surface area contributed by atoms with Crippen LogP contribution >= 0.6 is 45.2 Å². The van der Waals surface area contributed by atoms with Gasteiger partial charge < -0.3 is 5.11 Å².